The lowest BCUT2D eigenvalue weighted by Crippen LogP contribution is -2.23. The van der Waals surface area contributed by atoms with Gasteiger partial charge in [0.1, 0.15) is 11.6 Å². The molecule has 1 aliphatic carbocycles. The van der Waals surface area contributed by atoms with Gasteiger partial charge in [-0.05, 0) is 74.3 Å². The van der Waals surface area contributed by atoms with E-state index in [0.717, 1.165) is 11.3 Å². The van der Waals surface area contributed by atoms with E-state index < -0.39 is 0 Å². The third-order valence-electron chi connectivity index (χ3n) is 5.54. The number of hydrogen-bond acceptors (Lipinski definition) is 5. The molecule has 3 rings (SSSR count). The zero-order valence-electron chi connectivity index (χ0n) is 19.8. The van der Waals surface area contributed by atoms with Gasteiger partial charge in [0, 0.05) is 37.0 Å². The van der Waals surface area contributed by atoms with Crippen molar-refractivity contribution in [3.05, 3.63) is 95.0 Å². The van der Waals surface area contributed by atoms with Crippen LogP contribution in [0, 0.1) is 16.6 Å². The summed E-state index contributed by atoms with van der Waals surface area (Å²) in [5, 5.41) is 20.2. The third kappa shape index (κ3) is 6.81. The molecule has 1 heterocycles. The van der Waals surface area contributed by atoms with Crippen molar-refractivity contribution in [3.8, 4) is 0 Å². The van der Waals surface area contributed by atoms with E-state index in [1.165, 1.54) is 25.0 Å². The highest BCUT2D eigenvalue weighted by atomic mass is 19.1. The number of allylic oxidation sites excluding steroid dienone is 5. The number of imidazole rings is 1. The smallest absolute Gasteiger partial charge is 0.130 e. The van der Waals surface area contributed by atoms with Crippen molar-refractivity contribution >= 4 is 23.7 Å². The number of aromatic amines is 1. The van der Waals surface area contributed by atoms with Crippen LogP contribution in [-0.4, -0.2) is 34.7 Å². The first-order chi connectivity index (χ1) is 16.3. The summed E-state index contributed by atoms with van der Waals surface area (Å²) in [5.74, 6) is 0.976. The van der Waals surface area contributed by atoms with E-state index >= 15 is 0 Å². The lowest BCUT2D eigenvalue weighted by Gasteiger charge is -2.18. The van der Waals surface area contributed by atoms with Crippen LogP contribution in [0.25, 0.3) is 6.08 Å². The lowest BCUT2D eigenvalue weighted by molar-refractivity contribution is 0.613. The number of aliphatic imine (C=N–C) groups is 1. The number of hydrogen-bond donors (Lipinski definition) is 4. The Morgan fingerprint density at radius 3 is 2.79 bits per heavy atom. The van der Waals surface area contributed by atoms with Gasteiger partial charge in [-0.1, -0.05) is 18.7 Å². The summed E-state index contributed by atoms with van der Waals surface area (Å²) in [6, 6.07) is 6.12. The van der Waals surface area contributed by atoms with Crippen molar-refractivity contribution in [2.24, 2.45) is 4.99 Å². The Labute approximate surface area is 200 Å². The molecular formula is C27H31FN6. The fourth-order valence-corrected chi connectivity index (χ4v) is 3.39. The van der Waals surface area contributed by atoms with Crippen LogP contribution in [0.2, 0.25) is 0 Å². The monoisotopic (exact) mass is 458 g/mol. The number of benzene rings is 1. The third-order valence-corrected chi connectivity index (χ3v) is 5.54. The average Bonchev–Trinajstić information content (AvgIpc) is 3.57. The highest BCUT2D eigenvalue weighted by Gasteiger charge is 2.25. The van der Waals surface area contributed by atoms with Gasteiger partial charge < -0.3 is 15.7 Å². The summed E-state index contributed by atoms with van der Waals surface area (Å²) in [4.78, 5) is 11.7. The molecule has 1 aromatic carbocycles. The Kier molecular flexibility index (Phi) is 8.24. The van der Waals surface area contributed by atoms with E-state index in [2.05, 4.69) is 26.9 Å². The molecule has 1 aromatic heterocycles. The topological polar surface area (TPSA) is 101 Å². The van der Waals surface area contributed by atoms with Crippen LogP contribution in [-0.2, 0) is 0 Å². The molecule has 34 heavy (non-hydrogen) atoms. The minimum Gasteiger partial charge on any atom is -0.377 e. The number of H-pyrrole nitrogens is 1. The summed E-state index contributed by atoms with van der Waals surface area (Å²) in [7, 11) is 1.66. The molecule has 7 heteroatoms. The first-order valence-corrected chi connectivity index (χ1v) is 11.2. The van der Waals surface area contributed by atoms with Crippen molar-refractivity contribution in [1.82, 2.24) is 15.3 Å². The molecule has 4 N–H and O–H groups in total. The summed E-state index contributed by atoms with van der Waals surface area (Å²) in [6.07, 6.45) is 12.9. The largest absolute Gasteiger partial charge is 0.377 e. The van der Waals surface area contributed by atoms with Crippen LogP contribution in [0.3, 0.4) is 0 Å². The number of nitrogens with one attached hydrogen (secondary N) is 4. The standard InChI is InChI=1S/C27H31FN6/c1-17(27(30)19(3)33-18(2)21-6-5-7-23(28)15-21)14-22(12-13-31-4)24(29)10-11-26-32-16-25(34-26)20-8-9-20/h5-7,10-16,18,20,29-30,33H,3,8-9H2,1-2,4H3,(H,32,34)/b11-10-,17-14+,22-12+,29-24?,30-27?,31-13+. The van der Waals surface area contributed by atoms with Crippen molar-refractivity contribution < 1.29 is 4.39 Å². The van der Waals surface area contributed by atoms with E-state index in [-0.39, 0.29) is 23.3 Å². The quantitative estimate of drug-likeness (QED) is 0.248. The number of halogens is 1. The average molecular weight is 459 g/mol. The predicted molar refractivity (Wildman–Crippen MR) is 138 cm³/mol. The van der Waals surface area contributed by atoms with Gasteiger partial charge in [0.05, 0.1) is 22.8 Å². The molecule has 0 spiro atoms. The molecule has 0 saturated heterocycles. The first-order valence-electron chi connectivity index (χ1n) is 11.2. The molecule has 0 aliphatic heterocycles. The zero-order chi connectivity index (χ0) is 24.7. The first kappa shape index (κ1) is 24.8. The summed E-state index contributed by atoms with van der Waals surface area (Å²) in [5.41, 5.74) is 3.96. The highest BCUT2D eigenvalue weighted by molar-refractivity contribution is 6.15. The van der Waals surface area contributed by atoms with Crippen LogP contribution in [0.1, 0.15) is 55.7 Å². The maximum absolute atomic E-state index is 13.5. The molecule has 6 nitrogen and oxygen atoms in total. The minimum absolute atomic E-state index is 0.208. The number of aromatic nitrogens is 2. The molecule has 1 fully saturated rings. The van der Waals surface area contributed by atoms with Gasteiger partial charge in [-0.15, -0.1) is 0 Å². The normalized spacial score (nSPS) is 15.6. The van der Waals surface area contributed by atoms with Crippen molar-refractivity contribution in [2.45, 2.75) is 38.6 Å². The van der Waals surface area contributed by atoms with Crippen LogP contribution in [0.15, 0.2) is 77.1 Å². The van der Waals surface area contributed by atoms with E-state index in [9.17, 15) is 4.39 Å². The minimum atomic E-state index is -0.305. The van der Waals surface area contributed by atoms with Gasteiger partial charge in [-0.25, -0.2) is 9.37 Å². The molecule has 1 atom stereocenters. The Bertz CT molecular complexity index is 1190. The molecular weight excluding hydrogens is 427 g/mol. The van der Waals surface area contributed by atoms with Gasteiger partial charge in [-0.3, -0.25) is 10.4 Å². The van der Waals surface area contributed by atoms with Gasteiger partial charge in [0.25, 0.3) is 0 Å². The molecule has 2 aromatic rings. The second-order valence-electron chi connectivity index (χ2n) is 8.36. The molecule has 0 radical (unpaired) electrons. The highest BCUT2D eigenvalue weighted by Crippen LogP contribution is 2.38. The lowest BCUT2D eigenvalue weighted by atomic mass is 10.0. The Morgan fingerprint density at radius 1 is 1.35 bits per heavy atom. The predicted octanol–water partition coefficient (Wildman–Crippen LogP) is 5.92. The number of nitrogens with zero attached hydrogens (tertiary/aromatic N) is 2. The molecule has 1 saturated carbocycles. The molecule has 0 amide bonds. The van der Waals surface area contributed by atoms with Gasteiger partial charge >= 0.3 is 0 Å². The molecule has 176 valence electrons. The second kappa shape index (κ2) is 11.3. The summed E-state index contributed by atoms with van der Waals surface area (Å²) >= 11 is 0. The molecule has 1 aliphatic rings. The fourth-order valence-electron chi connectivity index (χ4n) is 3.39. The molecule has 0 bridgehead atoms. The van der Waals surface area contributed by atoms with E-state index in [1.807, 2.05) is 19.2 Å². The second-order valence-corrected chi connectivity index (χ2v) is 8.36. The van der Waals surface area contributed by atoms with Crippen molar-refractivity contribution in [2.75, 3.05) is 7.05 Å². The molecule has 1 unspecified atom stereocenters. The fraction of sp³-hybridized carbons (Fsp3) is 0.259. The van der Waals surface area contributed by atoms with Crippen LogP contribution < -0.4 is 5.32 Å². The van der Waals surface area contributed by atoms with E-state index in [0.29, 0.717) is 28.6 Å². The van der Waals surface area contributed by atoms with Gasteiger partial charge in [0.2, 0.25) is 0 Å². The van der Waals surface area contributed by atoms with E-state index in [1.54, 1.807) is 50.6 Å². The maximum Gasteiger partial charge on any atom is 0.130 e. The van der Waals surface area contributed by atoms with Gasteiger partial charge in [0.15, 0.2) is 0 Å². The number of rotatable bonds is 11. The van der Waals surface area contributed by atoms with Gasteiger partial charge in [-0.2, -0.15) is 0 Å². The Morgan fingerprint density at radius 2 is 2.12 bits per heavy atom. The summed E-state index contributed by atoms with van der Waals surface area (Å²) in [6.45, 7) is 7.66. The van der Waals surface area contributed by atoms with Crippen LogP contribution in [0.4, 0.5) is 4.39 Å². The Balaban J connectivity index is 1.69. The van der Waals surface area contributed by atoms with Crippen molar-refractivity contribution in [1.29, 1.82) is 10.8 Å². The zero-order valence-corrected chi connectivity index (χ0v) is 19.8. The Hall–Kier alpha value is -3.87. The van der Waals surface area contributed by atoms with Crippen LogP contribution >= 0.6 is 0 Å². The maximum atomic E-state index is 13.5. The summed E-state index contributed by atoms with van der Waals surface area (Å²) < 4.78 is 13.5. The van der Waals surface area contributed by atoms with Crippen molar-refractivity contribution in [3.63, 3.8) is 0 Å². The van der Waals surface area contributed by atoms with E-state index in [4.69, 9.17) is 10.8 Å². The van der Waals surface area contributed by atoms with Crippen LogP contribution in [0.5, 0.6) is 0 Å². The SMILES string of the molecule is C=C(NC(C)c1cccc(F)c1)C(=N)/C(C)=C/C(=C\C=N\C)C(=N)/C=C\c1nc(C2CC2)c[nH]1.